The quantitative estimate of drug-likeness (QED) is 0.759. The van der Waals surface area contributed by atoms with Crippen molar-refractivity contribution in [2.24, 2.45) is 0 Å². The highest BCUT2D eigenvalue weighted by Crippen LogP contribution is 2.24. The summed E-state index contributed by atoms with van der Waals surface area (Å²) in [5.74, 6) is 0.0946. The van der Waals surface area contributed by atoms with Crippen LogP contribution < -0.4 is 20.1 Å². The molecule has 2 aromatic rings. The molecule has 0 spiro atoms. The first kappa shape index (κ1) is 19.4. The van der Waals surface area contributed by atoms with Gasteiger partial charge in [-0.25, -0.2) is 0 Å². The van der Waals surface area contributed by atoms with E-state index in [9.17, 15) is 18.0 Å². The molecule has 1 atom stereocenters. The summed E-state index contributed by atoms with van der Waals surface area (Å²) >= 11 is 0. The summed E-state index contributed by atoms with van der Waals surface area (Å²) in [5, 5.41) is 5.65. The molecule has 0 aromatic heterocycles. The van der Waals surface area contributed by atoms with Crippen LogP contribution in [-0.4, -0.2) is 24.9 Å². The highest BCUT2D eigenvalue weighted by atomic mass is 19.4. The molecule has 0 aliphatic heterocycles. The number of carbonyl (C=O) groups excluding carboxylic acids is 1. The standard InChI is InChI=1S/C18H19F3N2O3/c1-3-25-15-8-4-14(5-9-15)23-17(24)12(2)22-13-6-10-16(11-7-13)26-18(19,20)21/h4-12,22H,3H2,1-2H3,(H,23,24)/t12-/m0/s1. The number of anilines is 2. The zero-order valence-corrected chi connectivity index (χ0v) is 14.3. The molecule has 0 heterocycles. The van der Waals surface area contributed by atoms with Crippen molar-refractivity contribution in [3.63, 3.8) is 0 Å². The van der Waals surface area contributed by atoms with E-state index in [1.165, 1.54) is 24.3 Å². The summed E-state index contributed by atoms with van der Waals surface area (Å²) in [7, 11) is 0. The van der Waals surface area contributed by atoms with Gasteiger partial charge in [0.25, 0.3) is 0 Å². The highest BCUT2D eigenvalue weighted by molar-refractivity contribution is 5.96. The molecule has 0 aliphatic carbocycles. The van der Waals surface area contributed by atoms with Crippen LogP contribution in [0.2, 0.25) is 0 Å². The largest absolute Gasteiger partial charge is 0.573 e. The van der Waals surface area contributed by atoms with Gasteiger partial charge < -0.3 is 20.1 Å². The summed E-state index contributed by atoms with van der Waals surface area (Å²) < 4.78 is 45.5. The van der Waals surface area contributed by atoms with Gasteiger partial charge in [-0.15, -0.1) is 13.2 Å². The van der Waals surface area contributed by atoms with E-state index in [1.54, 1.807) is 31.2 Å². The van der Waals surface area contributed by atoms with Crippen LogP contribution in [0.25, 0.3) is 0 Å². The zero-order chi connectivity index (χ0) is 19.2. The van der Waals surface area contributed by atoms with Gasteiger partial charge >= 0.3 is 6.36 Å². The molecule has 0 unspecified atom stereocenters. The van der Waals surface area contributed by atoms with E-state index < -0.39 is 12.4 Å². The minimum Gasteiger partial charge on any atom is -0.494 e. The van der Waals surface area contributed by atoms with Gasteiger partial charge in [0.05, 0.1) is 6.61 Å². The zero-order valence-electron chi connectivity index (χ0n) is 14.3. The Morgan fingerprint density at radius 1 is 1.00 bits per heavy atom. The van der Waals surface area contributed by atoms with Gasteiger partial charge in [0.2, 0.25) is 5.91 Å². The molecule has 0 radical (unpaired) electrons. The second kappa shape index (κ2) is 8.46. The molecule has 2 aromatic carbocycles. The molecule has 1 amide bonds. The Kier molecular flexibility index (Phi) is 6.32. The second-order valence-corrected chi connectivity index (χ2v) is 5.38. The van der Waals surface area contributed by atoms with Crippen molar-refractivity contribution in [2.45, 2.75) is 26.3 Å². The third-order valence-corrected chi connectivity index (χ3v) is 3.30. The average Bonchev–Trinajstić information content (AvgIpc) is 2.57. The Balaban J connectivity index is 1.90. The lowest BCUT2D eigenvalue weighted by Gasteiger charge is -2.16. The van der Waals surface area contributed by atoms with Crippen molar-refractivity contribution in [3.05, 3.63) is 48.5 Å². The lowest BCUT2D eigenvalue weighted by molar-refractivity contribution is -0.274. The van der Waals surface area contributed by atoms with Crippen LogP contribution in [0.5, 0.6) is 11.5 Å². The molecule has 0 aliphatic rings. The Morgan fingerprint density at radius 2 is 1.54 bits per heavy atom. The maximum atomic E-state index is 12.2. The summed E-state index contributed by atoms with van der Waals surface area (Å²) in [6.07, 6.45) is -4.74. The molecule has 0 bridgehead atoms. The predicted molar refractivity (Wildman–Crippen MR) is 92.5 cm³/mol. The molecule has 26 heavy (non-hydrogen) atoms. The maximum absolute atomic E-state index is 12.2. The van der Waals surface area contributed by atoms with Crippen molar-refractivity contribution in [3.8, 4) is 11.5 Å². The first-order valence-corrected chi connectivity index (χ1v) is 7.93. The monoisotopic (exact) mass is 368 g/mol. The third kappa shape index (κ3) is 6.19. The number of halogens is 3. The van der Waals surface area contributed by atoms with Gasteiger partial charge in [0, 0.05) is 11.4 Å². The van der Waals surface area contributed by atoms with Crippen molar-refractivity contribution in [1.82, 2.24) is 0 Å². The fourth-order valence-electron chi connectivity index (χ4n) is 2.12. The summed E-state index contributed by atoms with van der Waals surface area (Å²) in [6.45, 7) is 4.08. The van der Waals surface area contributed by atoms with E-state index in [2.05, 4.69) is 15.4 Å². The van der Waals surface area contributed by atoms with Gasteiger partial charge in [0.1, 0.15) is 17.5 Å². The number of amides is 1. The minimum absolute atomic E-state index is 0.287. The number of hydrogen-bond acceptors (Lipinski definition) is 4. The SMILES string of the molecule is CCOc1ccc(NC(=O)[C@H](C)Nc2ccc(OC(F)(F)F)cc2)cc1. The van der Waals surface area contributed by atoms with E-state index in [0.29, 0.717) is 23.7 Å². The van der Waals surface area contributed by atoms with E-state index in [0.717, 1.165) is 0 Å². The fraction of sp³-hybridized carbons (Fsp3) is 0.278. The van der Waals surface area contributed by atoms with Crippen molar-refractivity contribution >= 4 is 17.3 Å². The summed E-state index contributed by atoms with van der Waals surface area (Å²) in [4.78, 5) is 12.2. The van der Waals surface area contributed by atoms with Crippen LogP contribution in [0.4, 0.5) is 24.5 Å². The summed E-state index contributed by atoms with van der Waals surface area (Å²) in [5.41, 5.74) is 1.11. The second-order valence-electron chi connectivity index (χ2n) is 5.38. The molecule has 2 rings (SSSR count). The van der Waals surface area contributed by atoms with Gasteiger partial charge in [0.15, 0.2) is 0 Å². The number of rotatable bonds is 7. The number of carbonyl (C=O) groups is 1. The van der Waals surface area contributed by atoms with Crippen LogP contribution in [0.15, 0.2) is 48.5 Å². The first-order chi connectivity index (χ1) is 12.3. The molecule has 8 heteroatoms. The fourth-order valence-corrected chi connectivity index (χ4v) is 2.12. The molecule has 140 valence electrons. The molecule has 0 saturated carbocycles. The van der Waals surface area contributed by atoms with Crippen molar-refractivity contribution in [1.29, 1.82) is 0 Å². The van der Waals surface area contributed by atoms with Gasteiger partial charge in [-0.2, -0.15) is 0 Å². The third-order valence-electron chi connectivity index (χ3n) is 3.30. The Labute approximate surface area is 149 Å². The summed E-state index contributed by atoms with van der Waals surface area (Å²) in [6, 6.07) is 11.5. The first-order valence-electron chi connectivity index (χ1n) is 7.93. The molecule has 0 fully saturated rings. The van der Waals surface area contributed by atoms with Gasteiger partial charge in [-0.05, 0) is 62.4 Å². The topological polar surface area (TPSA) is 59.6 Å². The normalized spacial score (nSPS) is 12.2. The maximum Gasteiger partial charge on any atom is 0.573 e. The number of hydrogen-bond donors (Lipinski definition) is 2. The molecular formula is C18H19F3N2O3. The molecule has 2 N–H and O–H groups in total. The number of ether oxygens (including phenoxy) is 2. The predicted octanol–water partition coefficient (Wildman–Crippen LogP) is 4.42. The van der Waals surface area contributed by atoms with E-state index in [-0.39, 0.29) is 11.7 Å². The van der Waals surface area contributed by atoms with Crippen molar-refractivity contribution in [2.75, 3.05) is 17.2 Å². The van der Waals surface area contributed by atoms with Gasteiger partial charge in [-0.1, -0.05) is 0 Å². The highest BCUT2D eigenvalue weighted by Gasteiger charge is 2.31. The van der Waals surface area contributed by atoms with Crippen LogP contribution in [0, 0.1) is 0 Å². The van der Waals surface area contributed by atoms with Crippen LogP contribution in [-0.2, 0) is 4.79 Å². The smallest absolute Gasteiger partial charge is 0.494 e. The minimum atomic E-state index is -4.74. The Hall–Kier alpha value is -2.90. The number of benzene rings is 2. The van der Waals surface area contributed by atoms with E-state index in [4.69, 9.17) is 4.74 Å². The number of nitrogens with one attached hydrogen (secondary N) is 2. The molecular weight excluding hydrogens is 349 g/mol. The molecule has 0 saturated heterocycles. The lowest BCUT2D eigenvalue weighted by atomic mass is 10.2. The van der Waals surface area contributed by atoms with E-state index in [1.807, 2.05) is 6.92 Å². The lowest BCUT2D eigenvalue weighted by Crippen LogP contribution is -2.31. The molecule has 5 nitrogen and oxygen atoms in total. The van der Waals surface area contributed by atoms with Crippen LogP contribution >= 0.6 is 0 Å². The Morgan fingerprint density at radius 3 is 2.08 bits per heavy atom. The average molecular weight is 368 g/mol. The van der Waals surface area contributed by atoms with E-state index >= 15 is 0 Å². The van der Waals surface area contributed by atoms with Crippen LogP contribution in [0.3, 0.4) is 0 Å². The number of alkyl halides is 3. The van der Waals surface area contributed by atoms with Gasteiger partial charge in [-0.3, -0.25) is 4.79 Å². The van der Waals surface area contributed by atoms with Crippen LogP contribution in [0.1, 0.15) is 13.8 Å². The Bertz CT molecular complexity index is 716. The van der Waals surface area contributed by atoms with Crippen molar-refractivity contribution < 1.29 is 27.4 Å².